The molecule has 32 heavy (non-hydrogen) atoms. The van der Waals surface area contributed by atoms with E-state index in [1.165, 1.54) is 0 Å². The third-order valence-corrected chi connectivity index (χ3v) is 4.82. The number of halogens is 1. The van der Waals surface area contributed by atoms with Crippen molar-refractivity contribution in [3.8, 4) is 0 Å². The van der Waals surface area contributed by atoms with E-state index in [4.69, 9.17) is 23.7 Å². The highest BCUT2D eigenvalue weighted by Gasteiger charge is 2.51. The Kier molecular flexibility index (Phi) is 16.6. The Bertz CT molecular complexity index is 562. The highest BCUT2D eigenvalue weighted by atomic mass is 79.9. The van der Waals surface area contributed by atoms with Gasteiger partial charge in [-0.25, -0.2) is 0 Å². The predicted molar refractivity (Wildman–Crippen MR) is 112 cm³/mol. The van der Waals surface area contributed by atoms with Crippen molar-refractivity contribution < 1.29 is 60.8 Å². The lowest BCUT2D eigenvalue weighted by atomic mass is 9.98. The molecule has 1 aliphatic heterocycles. The van der Waals surface area contributed by atoms with Crippen molar-refractivity contribution in [3.05, 3.63) is 0 Å². The van der Waals surface area contributed by atoms with E-state index in [0.29, 0.717) is 25.9 Å². The summed E-state index contributed by atoms with van der Waals surface area (Å²) in [6, 6.07) is 0. The first-order valence-electron chi connectivity index (χ1n) is 11.5. The van der Waals surface area contributed by atoms with Gasteiger partial charge in [-0.05, 0) is 39.0 Å². The van der Waals surface area contributed by atoms with E-state index in [2.05, 4.69) is 5.73 Å². The summed E-state index contributed by atoms with van der Waals surface area (Å²) in [7, 11) is 0. The Morgan fingerprint density at radius 1 is 0.781 bits per heavy atom. The van der Waals surface area contributed by atoms with E-state index in [0.717, 1.165) is 19.4 Å². The molecule has 1 rings (SSSR count). The zero-order valence-electron chi connectivity index (χ0n) is 19.8. The maximum absolute atomic E-state index is 12.3. The number of hydrogen-bond donors (Lipinski definition) is 1. The molecule has 3 N–H and O–H groups in total. The summed E-state index contributed by atoms with van der Waals surface area (Å²) in [5, 5.41) is 0. The van der Waals surface area contributed by atoms with Gasteiger partial charge in [0.2, 0.25) is 0 Å². The predicted octanol–water partition coefficient (Wildman–Crippen LogP) is -1.09. The van der Waals surface area contributed by atoms with Crippen LogP contribution in [0.4, 0.5) is 0 Å². The molecule has 1 saturated heterocycles. The molecule has 188 valence electrons. The average molecular weight is 526 g/mol. The van der Waals surface area contributed by atoms with E-state index in [1.807, 2.05) is 20.8 Å². The lowest BCUT2D eigenvalue weighted by molar-refractivity contribution is -0.369. The molecule has 0 aliphatic carbocycles. The molecule has 9 nitrogen and oxygen atoms in total. The summed E-state index contributed by atoms with van der Waals surface area (Å²) >= 11 is 0. The monoisotopic (exact) mass is 525 g/mol. The van der Waals surface area contributed by atoms with Crippen LogP contribution in [-0.2, 0) is 38.1 Å². The van der Waals surface area contributed by atoms with Crippen molar-refractivity contribution in [2.75, 3.05) is 13.2 Å². The number of unbranched alkanes of at least 4 members (excludes halogenated alkanes) is 1. The van der Waals surface area contributed by atoms with Crippen molar-refractivity contribution in [2.24, 2.45) is 0 Å². The van der Waals surface area contributed by atoms with Gasteiger partial charge in [-0.1, -0.05) is 20.8 Å². The third kappa shape index (κ3) is 10.6. The quantitative estimate of drug-likeness (QED) is 0.172. The number of carbonyl (C=O) groups excluding carboxylic acids is 3. The molecule has 1 heterocycles. The number of carbonyl (C=O) groups is 3. The molecule has 0 aromatic carbocycles. The van der Waals surface area contributed by atoms with E-state index in [1.54, 1.807) is 6.92 Å². The van der Waals surface area contributed by atoms with Crippen LogP contribution >= 0.6 is 0 Å². The van der Waals surface area contributed by atoms with Crippen LogP contribution in [0.5, 0.6) is 0 Å². The first-order chi connectivity index (χ1) is 14.9. The fraction of sp³-hybridized carbons (Fsp3) is 0.864. The topological polar surface area (TPSA) is 125 Å². The van der Waals surface area contributed by atoms with E-state index >= 15 is 0 Å². The van der Waals surface area contributed by atoms with Crippen LogP contribution in [0.3, 0.4) is 0 Å². The summed E-state index contributed by atoms with van der Waals surface area (Å²) < 4.78 is 28.7. The SMILES string of the molecule is CCCC(=O)O[C@@H]1[C@@H](OC(=O)CCC)[C@@H](OC(=O)CCC)C(OCCCC[NH3+])O[C@H]1C.[Br-]. The number of hydrogen-bond acceptors (Lipinski definition) is 8. The molecule has 0 aromatic heterocycles. The molecule has 10 heteroatoms. The number of rotatable bonds is 14. The summed E-state index contributed by atoms with van der Waals surface area (Å²) in [6.45, 7) is 8.48. The zero-order chi connectivity index (χ0) is 23.2. The summed E-state index contributed by atoms with van der Waals surface area (Å²) in [4.78, 5) is 36.9. The molecule has 1 unspecified atom stereocenters. The molecule has 0 aromatic rings. The molecule has 1 fully saturated rings. The smallest absolute Gasteiger partial charge is 0.306 e. The minimum Gasteiger partial charge on any atom is -1.00 e. The van der Waals surface area contributed by atoms with Gasteiger partial charge < -0.3 is 46.4 Å². The average Bonchev–Trinajstić information content (AvgIpc) is 2.71. The lowest BCUT2D eigenvalue weighted by Gasteiger charge is -2.43. The van der Waals surface area contributed by atoms with Crippen molar-refractivity contribution in [2.45, 2.75) is 110 Å². The second-order valence-corrected chi connectivity index (χ2v) is 7.75. The molecule has 0 saturated carbocycles. The second-order valence-electron chi connectivity index (χ2n) is 7.75. The van der Waals surface area contributed by atoms with Crippen molar-refractivity contribution in [3.63, 3.8) is 0 Å². The fourth-order valence-corrected chi connectivity index (χ4v) is 3.25. The zero-order valence-corrected chi connectivity index (χ0v) is 21.4. The van der Waals surface area contributed by atoms with Gasteiger partial charge in [-0.2, -0.15) is 0 Å². The maximum Gasteiger partial charge on any atom is 0.306 e. The molecule has 5 atom stereocenters. The van der Waals surface area contributed by atoms with Crippen LogP contribution in [0, 0.1) is 0 Å². The van der Waals surface area contributed by atoms with E-state index in [9.17, 15) is 14.4 Å². The largest absolute Gasteiger partial charge is 1.00 e. The Morgan fingerprint density at radius 2 is 1.25 bits per heavy atom. The molecular weight excluding hydrogens is 486 g/mol. The highest BCUT2D eigenvalue weighted by molar-refractivity contribution is 5.71. The molecule has 0 spiro atoms. The Morgan fingerprint density at radius 3 is 1.72 bits per heavy atom. The Hall–Kier alpha value is -1.23. The first kappa shape index (κ1) is 30.8. The van der Waals surface area contributed by atoms with Gasteiger partial charge >= 0.3 is 17.9 Å². The number of esters is 3. The minimum absolute atomic E-state index is 0. The third-order valence-electron chi connectivity index (χ3n) is 4.82. The maximum atomic E-state index is 12.3. The first-order valence-corrected chi connectivity index (χ1v) is 11.5. The van der Waals surface area contributed by atoms with E-state index < -0.39 is 48.6 Å². The van der Waals surface area contributed by atoms with Gasteiger partial charge in [-0.3, -0.25) is 14.4 Å². The second kappa shape index (κ2) is 17.3. The molecule has 0 radical (unpaired) electrons. The molecule has 0 amide bonds. The summed E-state index contributed by atoms with van der Waals surface area (Å²) in [5.41, 5.74) is 3.81. The van der Waals surface area contributed by atoms with Gasteiger partial charge in [0.05, 0.1) is 19.3 Å². The highest BCUT2D eigenvalue weighted by Crippen LogP contribution is 2.30. The van der Waals surface area contributed by atoms with Crippen LogP contribution in [0.2, 0.25) is 0 Å². The molecule has 0 bridgehead atoms. The summed E-state index contributed by atoms with van der Waals surface area (Å²) in [5.74, 6) is -1.33. The van der Waals surface area contributed by atoms with Crippen LogP contribution in [0.1, 0.15) is 79.1 Å². The van der Waals surface area contributed by atoms with Gasteiger partial charge in [0.25, 0.3) is 0 Å². The molecule has 1 aliphatic rings. The lowest BCUT2D eigenvalue weighted by Crippen LogP contribution is -3.00. The standard InChI is InChI=1S/C22H39NO8.BrH/c1-5-10-16(24)29-19-15(4)28-22(27-14-9-8-13-23)21(31-18(26)12-7-3)20(19)30-17(25)11-6-2;/h15,19-22H,5-14,23H2,1-4H3;1H/t15-,19-,20+,21+,22?;/m0./s1. The van der Waals surface area contributed by atoms with Crippen molar-refractivity contribution >= 4 is 17.9 Å². The summed E-state index contributed by atoms with van der Waals surface area (Å²) in [6.07, 6.45) is -0.384. The number of ether oxygens (including phenoxy) is 5. The van der Waals surface area contributed by atoms with Crippen LogP contribution in [-0.4, -0.2) is 61.8 Å². The van der Waals surface area contributed by atoms with Crippen LogP contribution in [0.15, 0.2) is 0 Å². The van der Waals surface area contributed by atoms with Gasteiger partial charge in [0, 0.05) is 19.3 Å². The minimum atomic E-state index is -1.03. The molecular formula is C22H40BrNO8. The number of quaternary nitrogens is 1. The van der Waals surface area contributed by atoms with E-state index in [-0.39, 0.29) is 36.2 Å². The van der Waals surface area contributed by atoms with Gasteiger partial charge in [0.1, 0.15) is 0 Å². The Balaban J connectivity index is 0.00000961. The fourth-order valence-electron chi connectivity index (χ4n) is 3.25. The van der Waals surface area contributed by atoms with Crippen LogP contribution < -0.4 is 22.7 Å². The van der Waals surface area contributed by atoms with Gasteiger partial charge in [-0.15, -0.1) is 0 Å². The van der Waals surface area contributed by atoms with Crippen molar-refractivity contribution in [1.29, 1.82) is 0 Å². The van der Waals surface area contributed by atoms with Gasteiger partial charge in [0.15, 0.2) is 24.6 Å². The normalized spacial score (nSPS) is 24.8. The van der Waals surface area contributed by atoms with Crippen molar-refractivity contribution in [1.82, 2.24) is 0 Å². The van der Waals surface area contributed by atoms with Crippen LogP contribution in [0.25, 0.3) is 0 Å². The Labute approximate surface area is 201 Å².